The van der Waals surface area contributed by atoms with Crippen LogP contribution in [0.1, 0.15) is 26.0 Å². The van der Waals surface area contributed by atoms with Gasteiger partial charge in [-0.2, -0.15) is 0 Å². The molecule has 2 aromatic rings. The molecule has 6 heteroatoms. The van der Waals surface area contributed by atoms with Gasteiger partial charge in [-0.3, -0.25) is 0 Å². The third-order valence-electron chi connectivity index (χ3n) is 2.97. The van der Waals surface area contributed by atoms with Gasteiger partial charge in [0, 0.05) is 16.6 Å². The Balaban J connectivity index is 2.55. The topological polar surface area (TPSA) is 37.8 Å². The third kappa shape index (κ3) is 3.80. The van der Waals surface area contributed by atoms with Crippen molar-refractivity contribution in [2.24, 2.45) is 0 Å². The van der Waals surface area contributed by atoms with E-state index in [0.717, 1.165) is 39.8 Å². The first-order valence-corrected chi connectivity index (χ1v) is 8.41. The van der Waals surface area contributed by atoms with Gasteiger partial charge in [0.25, 0.3) is 0 Å². The monoisotopic (exact) mass is 415 g/mol. The maximum atomic E-state index is 13.5. The molecule has 0 aliphatic rings. The SMILES string of the molecule is CCCNc1nc(-c2cc(F)ccc2Br)nc(CC)c1Br. The van der Waals surface area contributed by atoms with Crippen molar-refractivity contribution in [1.29, 1.82) is 0 Å². The van der Waals surface area contributed by atoms with Crippen LogP contribution in [0.3, 0.4) is 0 Å². The van der Waals surface area contributed by atoms with Crippen LogP contribution in [0.2, 0.25) is 0 Å². The van der Waals surface area contributed by atoms with Gasteiger partial charge in [-0.05, 0) is 47.0 Å². The van der Waals surface area contributed by atoms with Gasteiger partial charge >= 0.3 is 0 Å². The first-order chi connectivity index (χ1) is 10.1. The van der Waals surface area contributed by atoms with Crippen LogP contribution >= 0.6 is 31.9 Å². The van der Waals surface area contributed by atoms with E-state index in [0.29, 0.717) is 11.4 Å². The average molecular weight is 417 g/mol. The molecular weight excluding hydrogens is 401 g/mol. The summed E-state index contributed by atoms with van der Waals surface area (Å²) in [7, 11) is 0. The maximum Gasteiger partial charge on any atom is 0.163 e. The lowest BCUT2D eigenvalue weighted by Gasteiger charge is -2.12. The number of aryl methyl sites for hydroxylation is 1. The highest BCUT2D eigenvalue weighted by Crippen LogP contribution is 2.31. The molecule has 1 aromatic carbocycles. The van der Waals surface area contributed by atoms with Gasteiger partial charge in [-0.25, -0.2) is 14.4 Å². The summed E-state index contributed by atoms with van der Waals surface area (Å²) in [4.78, 5) is 9.06. The van der Waals surface area contributed by atoms with E-state index in [-0.39, 0.29) is 5.82 Å². The first-order valence-electron chi connectivity index (χ1n) is 6.82. The summed E-state index contributed by atoms with van der Waals surface area (Å²) in [5.74, 6) is 0.954. The molecule has 0 saturated carbocycles. The second kappa shape index (κ2) is 7.31. The molecule has 112 valence electrons. The molecule has 0 unspecified atom stereocenters. The number of anilines is 1. The molecule has 0 saturated heterocycles. The summed E-state index contributed by atoms with van der Waals surface area (Å²) >= 11 is 6.97. The lowest BCUT2D eigenvalue weighted by Crippen LogP contribution is -2.07. The summed E-state index contributed by atoms with van der Waals surface area (Å²) in [5.41, 5.74) is 1.55. The van der Waals surface area contributed by atoms with Crippen molar-refractivity contribution >= 4 is 37.7 Å². The number of benzene rings is 1. The van der Waals surface area contributed by atoms with Crippen molar-refractivity contribution < 1.29 is 4.39 Å². The van der Waals surface area contributed by atoms with Gasteiger partial charge in [0.1, 0.15) is 11.6 Å². The van der Waals surface area contributed by atoms with Crippen LogP contribution in [0.5, 0.6) is 0 Å². The van der Waals surface area contributed by atoms with Crippen LogP contribution in [-0.4, -0.2) is 16.5 Å². The molecule has 1 heterocycles. The fourth-order valence-electron chi connectivity index (χ4n) is 1.88. The molecule has 2 rings (SSSR count). The number of hydrogen-bond acceptors (Lipinski definition) is 3. The summed E-state index contributed by atoms with van der Waals surface area (Å²) in [6.45, 7) is 4.94. The quantitative estimate of drug-likeness (QED) is 0.728. The molecule has 0 atom stereocenters. The average Bonchev–Trinajstić information content (AvgIpc) is 2.48. The van der Waals surface area contributed by atoms with Crippen molar-refractivity contribution in [1.82, 2.24) is 9.97 Å². The molecule has 0 radical (unpaired) electrons. The summed E-state index contributed by atoms with van der Waals surface area (Å²) in [5, 5.41) is 3.27. The number of nitrogens with zero attached hydrogens (tertiary/aromatic N) is 2. The lowest BCUT2D eigenvalue weighted by atomic mass is 10.2. The number of aromatic nitrogens is 2. The van der Waals surface area contributed by atoms with Gasteiger partial charge in [0.15, 0.2) is 5.82 Å². The second-order valence-electron chi connectivity index (χ2n) is 4.56. The minimum atomic E-state index is -0.305. The Morgan fingerprint density at radius 1 is 1.19 bits per heavy atom. The van der Waals surface area contributed by atoms with Crippen LogP contribution in [0.25, 0.3) is 11.4 Å². The van der Waals surface area contributed by atoms with Crippen molar-refractivity contribution in [3.63, 3.8) is 0 Å². The van der Waals surface area contributed by atoms with Gasteiger partial charge in [0.05, 0.1) is 10.2 Å². The van der Waals surface area contributed by atoms with Crippen molar-refractivity contribution in [3.8, 4) is 11.4 Å². The van der Waals surface area contributed by atoms with E-state index in [2.05, 4.69) is 54.1 Å². The van der Waals surface area contributed by atoms with Crippen LogP contribution in [0.4, 0.5) is 10.2 Å². The molecule has 1 N–H and O–H groups in total. The minimum absolute atomic E-state index is 0.305. The van der Waals surface area contributed by atoms with Crippen LogP contribution in [0, 0.1) is 5.82 Å². The zero-order chi connectivity index (χ0) is 15.4. The van der Waals surface area contributed by atoms with Gasteiger partial charge in [-0.1, -0.05) is 29.8 Å². The molecule has 0 spiro atoms. The molecule has 0 aliphatic heterocycles. The normalized spacial score (nSPS) is 10.7. The van der Waals surface area contributed by atoms with Crippen molar-refractivity contribution in [2.45, 2.75) is 26.7 Å². The minimum Gasteiger partial charge on any atom is -0.369 e. The van der Waals surface area contributed by atoms with E-state index >= 15 is 0 Å². The van der Waals surface area contributed by atoms with E-state index in [1.165, 1.54) is 12.1 Å². The molecular formula is C15H16Br2FN3. The van der Waals surface area contributed by atoms with Crippen LogP contribution < -0.4 is 5.32 Å². The van der Waals surface area contributed by atoms with Crippen LogP contribution in [0.15, 0.2) is 27.1 Å². The van der Waals surface area contributed by atoms with E-state index in [1.54, 1.807) is 6.07 Å². The Hall–Kier alpha value is -1.01. The number of halogens is 3. The van der Waals surface area contributed by atoms with Crippen molar-refractivity contribution in [3.05, 3.63) is 38.7 Å². The molecule has 21 heavy (non-hydrogen) atoms. The highest BCUT2D eigenvalue weighted by Gasteiger charge is 2.14. The molecule has 0 aliphatic carbocycles. The zero-order valence-corrected chi connectivity index (χ0v) is 15.1. The van der Waals surface area contributed by atoms with E-state index in [1.807, 2.05) is 6.92 Å². The lowest BCUT2D eigenvalue weighted by molar-refractivity contribution is 0.628. The van der Waals surface area contributed by atoms with E-state index in [4.69, 9.17) is 0 Å². The predicted molar refractivity (Wildman–Crippen MR) is 91.0 cm³/mol. The Morgan fingerprint density at radius 3 is 2.62 bits per heavy atom. The zero-order valence-electron chi connectivity index (χ0n) is 11.9. The molecule has 0 fully saturated rings. The summed E-state index contributed by atoms with van der Waals surface area (Å²) < 4.78 is 15.1. The maximum absolute atomic E-state index is 13.5. The smallest absolute Gasteiger partial charge is 0.163 e. The Bertz CT molecular complexity index is 647. The highest BCUT2D eigenvalue weighted by atomic mass is 79.9. The van der Waals surface area contributed by atoms with Gasteiger partial charge < -0.3 is 5.32 Å². The van der Waals surface area contributed by atoms with Crippen molar-refractivity contribution in [2.75, 3.05) is 11.9 Å². The fraction of sp³-hybridized carbons (Fsp3) is 0.333. The predicted octanol–water partition coefficient (Wildman–Crippen LogP) is 5.19. The standard InChI is InChI=1S/C15H16Br2FN3/c1-3-7-19-15-13(17)12(4-2)20-14(21-15)10-8-9(18)5-6-11(10)16/h5-6,8H,3-4,7H2,1-2H3,(H,19,20,21). The van der Waals surface area contributed by atoms with E-state index in [9.17, 15) is 4.39 Å². The molecule has 0 bridgehead atoms. The van der Waals surface area contributed by atoms with Crippen LogP contribution in [-0.2, 0) is 6.42 Å². The third-order valence-corrected chi connectivity index (χ3v) is 4.49. The van der Waals surface area contributed by atoms with E-state index < -0.39 is 0 Å². The summed E-state index contributed by atoms with van der Waals surface area (Å²) in [6, 6.07) is 4.51. The molecule has 0 amide bonds. The fourth-order valence-corrected chi connectivity index (χ4v) is 2.90. The largest absolute Gasteiger partial charge is 0.369 e. The highest BCUT2D eigenvalue weighted by molar-refractivity contribution is 9.11. The molecule has 3 nitrogen and oxygen atoms in total. The second-order valence-corrected chi connectivity index (χ2v) is 6.21. The number of rotatable bonds is 5. The Labute approximate surface area is 140 Å². The van der Waals surface area contributed by atoms with Gasteiger partial charge in [-0.15, -0.1) is 0 Å². The van der Waals surface area contributed by atoms with Gasteiger partial charge in [0.2, 0.25) is 0 Å². The number of nitrogens with one attached hydrogen (secondary N) is 1. The summed E-state index contributed by atoms with van der Waals surface area (Å²) in [6.07, 6.45) is 1.76. The first kappa shape index (κ1) is 16.4. The Morgan fingerprint density at radius 2 is 1.95 bits per heavy atom. The Kier molecular flexibility index (Phi) is 5.70. The molecule has 1 aromatic heterocycles. The number of hydrogen-bond donors (Lipinski definition) is 1.